The summed E-state index contributed by atoms with van der Waals surface area (Å²) in [6.45, 7) is -0.796. The average molecular weight is 410 g/mol. The second kappa shape index (κ2) is 7.51. The third-order valence-electron chi connectivity index (χ3n) is 6.67. The van der Waals surface area contributed by atoms with Crippen molar-refractivity contribution in [2.45, 2.75) is 25.1 Å². The van der Waals surface area contributed by atoms with Crippen LogP contribution >= 0.6 is 6.83 Å². The molecule has 0 amide bonds. The average Bonchev–Trinajstić information content (AvgIpc) is 2.82. The SMILES string of the molecule is CCC1[C@@H](c2ccccc2)OP1(c1ccccc1)(c1ccccc1)c1ccccc1. The fourth-order valence-electron chi connectivity index (χ4n) is 5.45. The van der Waals surface area contributed by atoms with Gasteiger partial charge in [0.25, 0.3) is 0 Å². The van der Waals surface area contributed by atoms with E-state index in [1.54, 1.807) is 0 Å². The van der Waals surface area contributed by atoms with E-state index in [2.05, 4.69) is 128 Å². The van der Waals surface area contributed by atoms with Crippen LogP contribution < -0.4 is 15.9 Å². The minimum atomic E-state index is -3.11. The summed E-state index contributed by atoms with van der Waals surface area (Å²) in [6, 6.07) is 43.6. The summed E-state index contributed by atoms with van der Waals surface area (Å²) in [5.41, 5.74) is 1.65. The molecule has 1 unspecified atom stereocenters. The van der Waals surface area contributed by atoms with Crippen LogP contribution in [-0.4, -0.2) is 5.66 Å². The summed E-state index contributed by atoms with van der Waals surface area (Å²) in [5.74, 6) is 0. The second-order valence-corrected chi connectivity index (χ2v) is 12.6. The molecule has 150 valence electrons. The molecular weight excluding hydrogens is 383 g/mol. The Labute approximate surface area is 179 Å². The van der Waals surface area contributed by atoms with Crippen LogP contribution in [0.4, 0.5) is 0 Å². The summed E-state index contributed by atoms with van der Waals surface area (Å²) >= 11 is 0. The molecule has 0 spiro atoms. The van der Waals surface area contributed by atoms with E-state index < -0.39 is 6.83 Å². The third-order valence-corrected chi connectivity index (χ3v) is 13.2. The molecule has 0 saturated carbocycles. The van der Waals surface area contributed by atoms with Crippen molar-refractivity contribution in [3.63, 3.8) is 0 Å². The van der Waals surface area contributed by atoms with Crippen molar-refractivity contribution in [2.75, 3.05) is 0 Å². The summed E-state index contributed by atoms with van der Waals surface area (Å²) in [7, 11) is 0. The number of hydrogen-bond acceptors (Lipinski definition) is 1. The predicted octanol–water partition coefficient (Wildman–Crippen LogP) is 5.98. The maximum absolute atomic E-state index is 7.39. The third kappa shape index (κ3) is 2.49. The normalized spacial score (nSPS) is 22.9. The molecule has 0 bridgehead atoms. The van der Waals surface area contributed by atoms with E-state index in [0.29, 0.717) is 5.66 Å². The van der Waals surface area contributed by atoms with Crippen LogP contribution in [0.15, 0.2) is 121 Å². The maximum atomic E-state index is 7.39. The fraction of sp³-hybridized carbons (Fsp3) is 0.143. The monoisotopic (exact) mass is 410 g/mol. The van der Waals surface area contributed by atoms with Crippen molar-refractivity contribution < 1.29 is 4.52 Å². The van der Waals surface area contributed by atoms with Gasteiger partial charge >= 0.3 is 179 Å². The second-order valence-electron chi connectivity index (χ2n) is 8.02. The van der Waals surface area contributed by atoms with Gasteiger partial charge in [-0.05, 0) is 0 Å². The van der Waals surface area contributed by atoms with Crippen LogP contribution in [-0.2, 0) is 4.52 Å². The van der Waals surface area contributed by atoms with Crippen LogP contribution in [0.3, 0.4) is 0 Å². The van der Waals surface area contributed by atoms with Gasteiger partial charge < -0.3 is 0 Å². The Balaban J connectivity index is 1.86. The quantitative estimate of drug-likeness (QED) is 0.368. The standard InChI is InChI=1S/C28H27OP/c1-2-27-28(23-15-7-3-8-16-23)29-30(27,24-17-9-4-10-18-24,25-19-11-5-12-20-25)26-21-13-6-14-22-26/h3-22,27-28H,2H2,1H3/t27?,28-/m1/s1. The molecule has 1 fully saturated rings. The molecule has 0 N–H and O–H groups in total. The molecule has 1 aliphatic heterocycles. The Hall–Kier alpha value is -2.73. The van der Waals surface area contributed by atoms with Crippen molar-refractivity contribution in [1.82, 2.24) is 0 Å². The molecule has 2 atom stereocenters. The molecule has 5 rings (SSSR count). The van der Waals surface area contributed by atoms with E-state index >= 15 is 0 Å². The summed E-state index contributed by atoms with van der Waals surface area (Å²) in [4.78, 5) is 0. The first kappa shape index (κ1) is 19.2. The molecule has 0 aromatic heterocycles. The fourth-order valence-corrected chi connectivity index (χ4v) is 12.3. The van der Waals surface area contributed by atoms with Crippen molar-refractivity contribution in [3.8, 4) is 0 Å². The van der Waals surface area contributed by atoms with Gasteiger partial charge in [0.05, 0.1) is 0 Å². The molecule has 1 nitrogen and oxygen atoms in total. The van der Waals surface area contributed by atoms with E-state index in [-0.39, 0.29) is 6.10 Å². The summed E-state index contributed by atoms with van der Waals surface area (Å²) in [5, 5.41) is 3.96. The van der Waals surface area contributed by atoms with Gasteiger partial charge in [-0.15, -0.1) is 0 Å². The first-order valence-electron chi connectivity index (χ1n) is 10.7. The van der Waals surface area contributed by atoms with Gasteiger partial charge in [-0.25, -0.2) is 0 Å². The molecule has 4 aromatic rings. The zero-order valence-electron chi connectivity index (χ0n) is 17.3. The van der Waals surface area contributed by atoms with Crippen LogP contribution in [0.2, 0.25) is 0 Å². The molecular formula is C28H27OP. The minimum absolute atomic E-state index is 0.0921. The van der Waals surface area contributed by atoms with Crippen LogP contribution in [0, 0.1) is 0 Å². The van der Waals surface area contributed by atoms with Crippen LogP contribution in [0.1, 0.15) is 25.0 Å². The van der Waals surface area contributed by atoms with Gasteiger partial charge in [0.1, 0.15) is 0 Å². The van der Waals surface area contributed by atoms with Crippen molar-refractivity contribution in [1.29, 1.82) is 0 Å². The molecule has 4 aromatic carbocycles. The predicted molar refractivity (Wildman–Crippen MR) is 129 cm³/mol. The van der Waals surface area contributed by atoms with Crippen LogP contribution in [0.5, 0.6) is 0 Å². The zero-order valence-corrected chi connectivity index (χ0v) is 18.2. The molecule has 1 heterocycles. The van der Waals surface area contributed by atoms with E-state index in [1.165, 1.54) is 21.5 Å². The first-order chi connectivity index (χ1) is 14.8. The molecule has 1 saturated heterocycles. The Morgan fingerprint density at radius 2 is 0.933 bits per heavy atom. The van der Waals surface area contributed by atoms with Gasteiger partial charge in [0.15, 0.2) is 0 Å². The Morgan fingerprint density at radius 3 is 1.30 bits per heavy atom. The molecule has 2 heteroatoms. The van der Waals surface area contributed by atoms with Crippen molar-refractivity contribution in [3.05, 3.63) is 127 Å². The van der Waals surface area contributed by atoms with Gasteiger partial charge in [-0.2, -0.15) is 0 Å². The van der Waals surface area contributed by atoms with E-state index in [4.69, 9.17) is 4.52 Å². The van der Waals surface area contributed by atoms with E-state index in [0.717, 1.165) is 6.42 Å². The van der Waals surface area contributed by atoms with E-state index in [1.807, 2.05) is 0 Å². The van der Waals surface area contributed by atoms with Gasteiger partial charge in [-0.1, -0.05) is 0 Å². The topological polar surface area (TPSA) is 9.23 Å². The number of hydrogen-bond donors (Lipinski definition) is 0. The molecule has 1 aliphatic rings. The molecule has 0 aliphatic carbocycles. The number of rotatable bonds is 5. The number of benzene rings is 4. The molecule has 0 radical (unpaired) electrons. The van der Waals surface area contributed by atoms with Gasteiger partial charge in [0.2, 0.25) is 0 Å². The van der Waals surface area contributed by atoms with E-state index in [9.17, 15) is 0 Å². The zero-order chi connectivity index (χ0) is 20.5. The molecule has 30 heavy (non-hydrogen) atoms. The van der Waals surface area contributed by atoms with Gasteiger partial charge in [0, 0.05) is 0 Å². The summed E-state index contributed by atoms with van der Waals surface area (Å²) in [6.07, 6.45) is 1.14. The Kier molecular flexibility index (Phi) is 4.82. The van der Waals surface area contributed by atoms with Crippen molar-refractivity contribution >= 4 is 22.7 Å². The summed E-state index contributed by atoms with van der Waals surface area (Å²) < 4.78 is 7.39. The Morgan fingerprint density at radius 1 is 0.567 bits per heavy atom. The van der Waals surface area contributed by atoms with Gasteiger partial charge in [-0.3, -0.25) is 0 Å². The Bertz CT molecular complexity index is 1010. The first-order valence-corrected chi connectivity index (χ1v) is 13.0. The van der Waals surface area contributed by atoms with Crippen molar-refractivity contribution in [2.24, 2.45) is 0 Å². The van der Waals surface area contributed by atoms with Crippen LogP contribution in [0.25, 0.3) is 0 Å².